The van der Waals surface area contributed by atoms with Crippen molar-refractivity contribution in [1.29, 1.82) is 5.26 Å². The highest BCUT2D eigenvalue weighted by Crippen LogP contribution is 2.21. The van der Waals surface area contributed by atoms with Gasteiger partial charge in [-0.05, 0) is 41.5 Å². The van der Waals surface area contributed by atoms with Crippen molar-refractivity contribution in [3.8, 4) is 6.07 Å². The molecular weight excluding hydrogens is 472 g/mol. The van der Waals surface area contributed by atoms with Gasteiger partial charge in [-0.3, -0.25) is 4.79 Å². The first kappa shape index (κ1) is 23.2. The third-order valence-corrected chi connectivity index (χ3v) is 6.26. The molecule has 5 aromatic rings. The lowest BCUT2D eigenvalue weighted by Crippen LogP contribution is -2.32. The van der Waals surface area contributed by atoms with Crippen molar-refractivity contribution in [2.45, 2.75) is 19.6 Å². The van der Waals surface area contributed by atoms with Crippen molar-refractivity contribution >= 4 is 28.4 Å². The number of amides is 1. The zero-order chi connectivity index (χ0) is 24.9. The Balaban J connectivity index is 1.45. The molecule has 36 heavy (non-hydrogen) atoms. The van der Waals surface area contributed by atoms with Crippen LogP contribution in [0.25, 0.3) is 10.9 Å². The molecule has 0 atom stereocenters. The van der Waals surface area contributed by atoms with E-state index >= 15 is 0 Å². The van der Waals surface area contributed by atoms with E-state index in [9.17, 15) is 4.79 Å². The van der Waals surface area contributed by atoms with Gasteiger partial charge < -0.3 is 9.47 Å². The minimum Gasteiger partial charge on any atom is -0.325 e. The Morgan fingerprint density at radius 2 is 1.72 bits per heavy atom. The van der Waals surface area contributed by atoms with Crippen LogP contribution in [-0.4, -0.2) is 30.6 Å². The smallest absolute Gasteiger partial charge is 0.273 e. The summed E-state index contributed by atoms with van der Waals surface area (Å²) in [6.07, 6.45) is 1.64. The molecule has 0 saturated carbocycles. The van der Waals surface area contributed by atoms with Crippen LogP contribution in [0, 0.1) is 11.3 Å². The van der Waals surface area contributed by atoms with Crippen molar-refractivity contribution in [3.05, 3.63) is 124 Å². The number of hydrogen-bond acceptors (Lipinski definition) is 5. The Bertz CT molecular complexity index is 1570. The molecule has 1 amide bonds. The van der Waals surface area contributed by atoms with Crippen molar-refractivity contribution in [1.82, 2.24) is 24.6 Å². The number of halogens is 1. The van der Waals surface area contributed by atoms with Crippen LogP contribution in [0.4, 0.5) is 0 Å². The number of para-hydroxylation sites is 1. The molecule has 7 nitrogen and oxygen atoms in total. The largest absolute Gasteiger partial charge is 0.325 e. The SMILES string of the molecule is N#Cc1ccc(Cn2cnnc2CN(Cc2ccccc2Cl)C(=O)c2ccc3ccccc3n2)cc1. The fourth-order valence-corrected chi connectivity index (χ4v) is 4.16. The van der Waals surface area contributed by atoms with Crippen molar-refractivity contribution in [3.63, 3.8) is 0 Å². The van der Waals surface area contributed by atoms with E-state index < -0.39 is 0 Å². The van der Waals surface area contributed by atoms with Crippen LogP contribution in [0.3, 0.4) is 0 Å². The summed E-state index contributed by atoms with van der Waals surface area (Å²) in [6.45, 7) is 1.02. The molecule has 3 aromatic carbocycles. The van der Waals surface area contributed by atoms with Crippen LogP contribution in [-0.2, 0) is 19.6 Å². The Kier molecular flexibility index (Phi) is 6.69. The summed E-state index contributed by atoms with van der Waals surface area (Å²) in [5, 5.41) is 19.0. The summed E-state index contributed by atoms with van der Waals surface area (Å²) >= 11 is 6.43. The summed E-state index contributed by atoms with van der Waals surface area (Å²) in [5.41, 5.74) is 3.52. The predicted octanol–water partition coefficient (Wildman–Crippen LogP) is 5.24. The molecule has 0 aliphatic heterocycles. The van der Waals surface area contributed by atoms with E-state index in [1.54, 1.807) is 35.5 Å². The van der Waals surface area contributed by atoms with E-state index in [1.165, 1.54) is 0 Å². The minimum atomic E-state index is -0.228. The molecular formula is C28H21ClN6O. The molecule has 0 fully saturated rings. The van der Waals surface area contributed by atoms with Crippen LogP contribution in [0.1, 0.15) is 33.0 Å². The molecule has 5 rings (SSSR count). The number of aromatic nitrogens is 4. The Morgan fingerprint density at radius 3 is 2.53 bits per heavy atom. The number of hydrogen-bond donors (Lipinski definition) is 0. The maximum absolute atomic E-state index is 13.7. The van der Waals surface area contributed by atoms with Gasteiger partial charge in [-0.15, -0.1) is 10.2 Å². The Hall–Kier alpha value is -4.54. The standard InChI is InChI=1S/C28H21ClN6O/c29-24-7-3-1-6-23(24)17-34(28(36)26-14-13-22-5-2-4-8-25(22)32-26)18-27-33-31-19-35(27)16-21-11-9-20(15-30)10-12-21/h1-14,19H,16-18H2. The summed E-state index contributed by atoms with van der Waals surface area (Å²) in [6, 6.07) is 28.3. The van der Waals surface area contributed by atoms with Gasteiger partial charge in [0.2, 0.25) is 0 Å². The molecule has 176 valence electrons. The first-order chi connectivity index (χ1) is 17.6. The van der Waals surface area contributed by atoms with Gasteiger partial charge in [-0.25, -0.2) is 4.98 Å². The van der Waals surface area contributed by atoms with E-state index in [4.69, 9.17) is 16.9 Å². The van der Waals surface area contributed by atoms with Gasteiger partial charge in [-0.2, -0.15) is 5.26 Å². The predicted molar refractivity (Wildman–Crippen MR) is 137 cm³/mol. The molecule has 0 aliphatic rings. The minimum absolute atomic E-state index is 0.217. The topological polar surface area (TPSA) is 87.7 Å². The Morgan fingerprint density at radius 1 is 0.944 bits per heavy atom. The maximum atomic E-state index is 13.7. The van der Waals surface area contributed by atoms with Crippen molar-refractivity contribution in [2.75, 3.05) is 0 Å². The van der Waals surface area contributed by atoms with Crippen LogP contribution in [0.2, 0.25) is 5.02 Å². The highest BCUT2D eigenvalue weighted by atomic mass is 35.5. The second-order valence-corrected chi connectivity index (χ2v) is 8.73. The van der Waals surface area contributed by atoms with Crippen LogP contribution >= 0.6 is 11.6 Å². The summed E-state index contributed by atoms with van der Waals surface area (Å²) in [4.78, 5) is 20.0. The lowest BCUT2D eigenvalue weighted by Gasteiger charge is -2.23. The Labute approximate surface area is 213 Å². The number of nitriles is 1. The van der Waals surface area contributed by atoms with Gasteiger partial charge in [-0.1, -0.05) is 66.2 Å². The van der Waals surface area contributed by atoms with E-state index in [1.807, 2.05) is 65.2 Å². The second kappa shape index (κ2) is 10.4. The highest BCUT2D eigenvalue weighted by Gasteiger charge is 2.22. The number of benzene rings is 3. The molecule has 2 aromatic heterocycles. The number of pyridine rings is 1. The third-order valence-electron chi connectivity index (χ3n) is 5.89. The molecule has 0 aliphatic carbocycles. The lowest BCUT2D eigenvalue weighted by atomic mass is 10.1. The average Bonchev–Trinajstić information content (AvgIpc) is 3.35. The fraction of sp³-hybridized carbons (Fsp3) is 0.107. The van der Waals surface area contributed by atoms with Gasteiger partial charge in [0.25, 0.3) is 5.91 Å². The zero-order valence-corrected chi connectivity index (χ0v) is 20.0. The van der Waals surface area contributed by atoms with E-state index in [0.29, 0.717) is 28.6 Å². The van der Waals surface area contributed by atoms with E-state index in [2.05, 4.69) is 21.3 Å². The van der Waals surface area contributed by atoms with Gasteiger partial charge in [0.05, 0.1) is 30.2 Å². The fourth-order valence-electron chi connectivity index (χ4n) is 3.96. The number of rotatable bonds is 7. The molecule has 0 unspecified atom stereocenters. The average molecular weight is 493 g/mol. The van der Waals surface area contributed by atoms with Crippen LogP contribution in [0.15, 0.2) is 91.3 Å². The molecule has 0 bridgehead atoms. The van der Waals surface area contributed by atoms with E-state index in [-0.39, 0.29) is 19.0 Å². The first-order valence-electron chi connectivity index (χ1n) is 11.3. The quantitative estimate of drug-likeness (QED) is 0.310. The second-order valence-electron chi connectivity index (χ2n) is 8.33. The first-order valence-corrected chi connectivity index (χ1v) is 11.7. The number of nitrogens with zero attached hydrogens (tertiary/aromatic N) is 6. The van der Waals surface area contributed by atoms with Crippen molar-refractivity contribution in [2.24, 2.45) is 0 Å². The number of carbonyl (C=O) groups excluding carboxylic acids is 1. The van der Waals surface area contributed by atoms with Crippen LogP contribution in [0.5, 0.6) is 0 Å². The molecule has 2 heterocycles. The molecule has 0 spiro atoms. The number of carbonyl (C=O) groups is 1. The third kappa shape index (κ3) is 5.09. The normalized spacial score (nSPS) is 10.8. The molecule has 0 saturated heterocycles. The van der Waals surface area contributed by atoms with Crippen LogP contribution < -0.4 is 0 Å². The van der Waals surface area contributed by atoms with Gasteiger partial charge in [0.15, 0.2) is 5.82 Å². The summed E-state index contributed by atoms with van der Waals surface area (Å²) in [5.74, 6) is 0.397. The maximum Gasteiger partial charge on any atom is 0.273 e. The number of fused-ring (bicyclic) bond motifs is 1. The summed E-state index contributed by atoms with van der Waals surface area (Å²) < 4.78 is 1.89. The highest BCUT2D eigenvalue weighted by molar-refractivity contribution is 6.31. The molecule has 8 heteroatoms. The molecule has 0 radical (unpaired) electrons. The lowest BCUT2D eigenvalue weighted by molar-refractivity contribution is 0.0718. The van der Waals surface area contributed by atoms with Gasteiger partial charge >= 0.3 is 0 Å². The van der Waals surface area contributed by atoms with Gasteiger partial charge in [0, 0.05) is 17.0 Å². The zero-order valence-electron chi connectivity index (χ0n) is 19.3. The summed E-state index contributed by atoms with van der Waals surface area (Å²) in [7, 11) is 0. The van der Waals surface area contributed by atoms with Crippen molar-refractivity contribution < 1.29 is 4.79 Å². The monoisotopic (exact) mass is 492 g/mol. The van der Waals surface area contributed by atoms with E-state index in [0.717, 1.165) is 22.0 Å². The van der Waals surface area contributed by atoms with Gasteiger partial charge in [0.1, 0.15) is 12.0 Å². The molecule has 0 N–H and O–H groups in total.